The summed E-state index contributed by atoms with van der Waals surface area (Å²) in [5, 5.41) is 0. The largest absolute Gasteiger partial charge is 0.497 e. The molecule has 0 aliphatic carbocycles. The molecular weight excluding hydrogens is 220 g/mol. The van der Waals surface area contributed by atoms with Gasteiger partial charge in [0.1, 0.15) is 5.75 Å². The first-order valence-corrected chi connectivity index (χ1v) is 5.41. The van der Waals surface area contributed by atoms with Crippen LogP contribution in [0.15, 0.2) is 24.3 Å². The zero-order chi connectivity index (χ0) is 12.7. The monoisotopic (exact) mass is 236 g/mol. The molecule has 1 aromatic rings. The number of rotatable bonds is 6. The minimum absolute atomic E-state index is 0.0246. The second kappa shape index (κ2) is 6.68. The fourth-order valence-corrected chi connectivity index (χ4v) is 1.42. The second-order valence-corrected chi connectivity index (χ2v) is 3.58. The molecule has 0 aromatic heterocycles. The molecule has 1 rings (SSSR count). The minimum Gasteiger partial charge on any atom is -0.497 e. The van der Waals surface area contributed by atoms with E-state index in [0.29, 0.717) is 18.4 Å². The van der Waals surface area contributed by atoms with Gasteiger partial charge in [0.25, 0.3) is 0 Å². The number of ether oxygens (including phenoxy) is 2. The lowest BCUT2D eigenvalue weighted by Gasteiger charge is -2.02. The van der Waals surface area contributed by atoms with Gasteiger partial charge in [0.15, 0.2) is 5.78 Å². The Labute approximate surface area is 101 Å². The van der Waals surface area contributed by atoms with Crippen molar-refractivity contribution < 1.29 is 19.1 Å². The highest BCUT2D eigenvalue weighted by atomic mass is 16.5. The Hall–Kier alpha value is -1.84. The van der Waals surface area contributed by atoms with E-state index < -0.39 is 0 Å². The maximum absolute atomic E-state index is 11.7. The number of carbonyl (C=O) groups is 2. The van der Waals surface area contributed by atoms with E-state index in [9.17, 15) is 9.59 Å². The third-order valence-corrected chi connectivity index (χ3v) is 2.42. The smallest absolute Gasteiger partial charge is 0.305 e. The highest BCUT2D eigenvalue weighted by Gasteiger charge is 2.07. The van der Waals surface area contributed by atoms with Crippen LogP contribution in [-0.4, -0.2) is 26.0 Å². The van der Waals surface area contributed by atoms with Gasteiger partial charge < -0.3 is 9.47 Å². The van der Waals surface area contributed by atoms with E-state index >= 15 is 0 Å². The van der Waals surface area contributed by atoms with Crippen molar-refractivity contribution >= 4 is 11.8 Å². The van der Waals surface area contributed by atoms with Gasteiger partial charge in [0.05, 0.1) is 14.2 Å². The Morgan fingerprint density at radius 3 is 2.24 bits per heavy atom. The van der Waals surface area contributed by atoms with E-state index in [-0.39, 0.29) is 18.2 Å². The zero-order valence-corrected chi connectivity index (χ0v) is 10.1. The fourth-order valence-electron chi connectivity index (χ4n) is 1.42. The second-order valence-electron chi connectivity index (χ2n) is 3.58. The summed E-state index contributed by atoms with van der Waals surface area (Å²) in [6.07, 6.45) is 1.14. The molecule has 0 radical (unpaired) electrons. The number of Topliss-reactive ketones (excluding diaryl/α,β-unsaturated/α-hetero) is 1. The van der Waals surface area contributed by atoms with Crippen molar-refractivity contribution in [3.8, 4) is 5.75 Å². The number of carbonyl (C=O) groups excluding carboxylic acids is 2. The summed E-state index contributed by atoms with van der Waals surface area (Å²) in [6.45, 7) is 0. The molecule has 0 atom stereocenters. The van der Waals surface area contributed by atoms with Crippen LogP contribution in [0.5, 0.6) is 5.75 Å². The van der Waals surface area contributed by atoms with Crippen molar-refractivity contribution in [2.75, 3.05) is 14.2 Å². The SMILES string of the molecule is COC(=O)CCCC(=O)c1ccc(OC)cc1. The van der Waals surface area contributed by atoms with Crippen LogP contribution in [0.4, 0.5) is 0 Å². The van der Waals surface area contributed by atoms with Crippen LogP contribution in [0, 0.1) is 0 Å². The van der Waals surface area contributed by atoms with Crippen LogP contribution in [0.25, 0.3) is 0 Å². The number of benzene rings is 1. The number of hydrogen-bond donors (Lipinski definition) is 0. The van der Waals surface area contributed by atoms with Gasteiger partial charge in [0, 0.05) is 18.4 Å². The van der Waals surface area contributed by atoms with Crippen LogP contribution in [0.1, 0.15) is 29.6 Å². The number of hydrogen-bond acceptors (Lipinski definition) is 4. The molecule has 0 aliphatic heterocycles. The van der Waals surface area contributed by atoms with Gasteiger partial charge in [0.2, 0.25) is 0 Å². The molecule has 0 fully saturated rings. The lowest BCUT2D eigenvalue weighted by molar-refractivity contribution is -0.140. The molecule has 0 aliphatic rings. The van der Waals surface area contributed by atoms with Crippen molar-refractivity contribution in [2.24, 2.45) is 0 Å². The number of ketones is 1. The van der Waals surface area contributed by atoms with Gasteiger partial charge in [-0.2, -0.15) is 0 Å². The van der Waals surface area contributed by atoms with Crippen LogP contribution >= 0.6 is 0 Å². The predicted molar refractivity (Wildman–Crippen MR) is 63.2 cm³/mol. The Balaban J connectivity index is 2.44. The van der Waals surface area contributed by atoms with Crippen molar-refractivity contribution in [1.29, 1.82) is 0 Å². The molecule has 0 bridgehead atoms. The topological polar surface area (TPSA) is 52.6 Å². The van der Waals surface area contributed by atoms with Gasteiger partial charge in [-0.1, -0.05) is 0 Å². The molecule has 92 valence electrons. The average molecular weight is 236 g/mol. The Kier molecular flexibility index (Phi) is 5.20. The Morgan fingerprint density at radius 1 is 1.06 bits per heavy atom. The zero-order valence-electron chi connectivity index (χ0n) is 10.1. The first kappa shape index (κ1) is 13.2. The lowest BCUT2D eigenvalue weighted by atomic mass is 10.1. The van der Waals surface area contributed by atoms with Gasteiger partial charge in [-0.25, -0.2) is 0 Å². The van der Waals surface area contributed by atoms with Crippen LogP contribution < -0.4 is 4.74 Å². The third-order valence-electron chi connectivity index (χ3n) is 2.42. The van der Waals surface area contributed by atoms with E-state index in [0.717, 1.165) is 5.75 Å². The fraction of sp³-hybridized carbons (Fsp3) is 0.385. The Bertz CT molecular complexity index is 381. The van der Waals surface area contributed by atoms with Gasteiger partial charge in [-0.05, 0) is 30.7 Å². The predicted octanol–water partition coefficient (Wildman–Crippen LogP) is 2.22. The first-order chi connectivity index (χ1) is 8.17. The summed E-state index contributed by atoms with van der Waals surface area (Å²) in [5.41, 5.74) is 0.635. The molecule has 0 saturated heterocycles. The molecule has 0 spiro atoms. The minimum atomic E-state index is -0.285. The summed E-state index contributed by atoms with van der Waals surface area (Å²) in [6, 6.07) is 6.93. The van der Waals surface area contributed by atoms with Crippen LogP contribution in [-0.2, 0) is 9.53 Å². The molecular formula is C13H16O4. The van der Waals surface area contributed by atoms with Crippen molar-refractivity contribution in [3.63, 3.8) is 0 Å². The Morgan fingerprint density at radius 2 is 1.71 bits per heavy atom. The van der Waals surface area contributed by atoms with E-state index in [4.69, 9.17) is 4.74 Å². The number of esters is 1. The lowest BCUT2D eigenvalue weighted by Crippen LogP contribution is -2.03. The van der Waals surface area contributed by atoms with Crippen LogP contribution in [0.2, 0.25) is 0 Å². The quantitative estimate of drug-likeness (QED) is 0.561. The summed E-state index contributed by atoms with van der Waals surface area (Å²) < 4.78 is 9.50. The van der Waals surface area contributed by atoms with Crippen LogP contribution in [0.3, 0.4) is 0 Å². The van der Waals surface area contributed by atoms with E-state index in [1.807, 2.05) is 0 Å². The van der Waals surface area contributed by atoms with Gasteiger partial charge in [-0.15, -0.1) is 0 Å². The maximum atomic E-state index is 11.7. The third kappa shape index (κ3) is 4.26. The molecule has 0 N–H and O–H groups in total. The normalized spacial score (nSPS) is 9.76. The van der Waals surface area contributed by atoms with E-state index in [2.05, 4.69) is 4.74 Å². The maximum Gasteiger partial charge on any atom is 0.305 e. The molecule has 0 heterocycles. The highest BCUT2D eigenvalue weighted by Crippen LogP contribution is 2.13. The summed E-state index contributed by atoms with van der Waals surface area (Å²) in [7, 11) is 2.92. The number of methoxy groups -OCH3 is 2. The summed E-state index contributed by atoms with van der Waals surface area (Å²) >= 11 is 0. The van der Waals surface area contributed by atoms with Crippen molar-refractivity contribution in [3.05, 3.63) is 29.8 Å². The molecule has 4 heteroatoms. The summed E-state index contributed by atoms with van der Waals surface area (Å²) in [4.78, 5) is 22.6. The molecule has 4 nitrogen and oxygen atoms in total. The van der Waals surface area contributed by atoms with E-state index in [1.165, 1.54) is 7.11 Å². The van der Waals surface area contributed by atoms with Gasteiger partial charge in [-0.3, -0.25) is 9.59 Å². The molecule has 0 amide bonds. The van der Waals surface area contributed by atoms with E-state index in [1.54, 1.807) is 31.4 Å². The molecule has 0 saturated carbocycles. The van der Waals surface area contributed by atoms with Gasteiger partial charge >= 0.3 is 5.97 Å². The molecule has 1 aromatic carbocycles. The average Bonchev–Trinajstić information content (AvgIpc) is 2.38. The highest BCUT2D eigenvalue weighted by molar-refractivity contribution is 5.96. The molecule has 0 unspecified atom stereocenters. The molecule has 17 heavy (non-hydrogen) atoms. The summed E-state index contributed by atoms with van der Waals surface area (Å²) in [5.74, 6) is 0.459. The standard InChI is InChI=1S/C13H16O4/c1-16-11-8-6-10(7-9-11)12(14)4-3-5-13(15)17-2/h6-9H,3-5H2,1-2H3. The van der Waals surface area contributed by atoms with Crippen molar-refractivity contribution in [2.45, 2.75) is 19.3 Å². The van der Waals surface area contributed by atoms with Crippen molar-refractivity contribution in [1.82, 2.24) is 0 Å². The first-order valence-electron chi connectivity index (χ1n) is 5.41.